The fraction of sp³-hybridized carbons (Fsp3) is 0.889. The van der Waals surface area contributed by atoms with E-state index in [4.69, 9.17) is 4.74 Å². The zero-order valence-corrected chi connectivity index (χ0v) is 14.7. The first-order chi connectivity index (χ1) is 11.7. The number of carbonyl (C=O) groups is 2. The van der Waals surface area contributed by atoms with Crippen LogP contribution < -0.4 is 5.32 Å². The predicted octanol–water partition coefficient (Wildman–Crippen LogP) is 1.01. The lowest BCUT2D eigenvalue weighted by Gasteiger charge is -2.35. The Morgan fingerprint density at radius 3 is 2.38 bits per heavy atom. The van der Waals surface area contributed by atoms with Crippen molar-refractivity contribution in [1.82, 2.24) is 15.1 Å². The van der Waals surface area contributed by atoms with E-state index in [0.29, 0.717) is 19.0 Å². The van der Waals surface area contributed by atoms with Crippen LogP contribution in [-0.2, 0) is 14.3 Å². The molecular formula is C18H31N3O3. The molecule has 3 fully saturated rings. The molecule has 0 saturated carbocycles. The number of nitrogens with zero attached hydrogens (tertiary/aromatic N) is 2. The predicted molar refractivity (Wildman–Crippen MR) is 91.6 cm³/mol. The first kappa shape index (κ1) is 17.7. The van der Waals surface area contributed by atoms with Gasteiger partial charge in [0.2, 0.25) is 11.8 Å². The van der Waals surface area contributed by atoms with Crippen LogP contribution in [-0.4, -0.2) is 73.6 Å². The second kappa shape index (κ2) is 8.81. The van der Waals surface area contributed by atoms with Crippen molar-refractivity contribution in [3.05, 3.63) is 0 Å². The molecule has 0 aliphatic carbocycles. The van der Waals surface area contributed by atoms with Crippen LogP contribution in [0.5, 0.6) is 0 Å². The van der Waals surface area contributed by atoms with Gasteiger partial charge in [-0.3, -0.25) is 14.5 Å². The van der Waals surface area contributed by atoms with Crippen LogP contribution in [0.3, 0.4) is 0 Å². The van der Waals surface area contributed by atoms with Crippen molar-refractivity contribution in [2.24, 2.45) is 5.92 Å². The van der Waals surface area contributed by atoms with Gasteiger partial charge in [0, 0.05) is 32.2 Å². The second-order valence-corrected chi connectivity index (χ2v) is 7.38. The molecule has 1 atom stereocenters. The standard InChI is InChI=1S/C18H31N3O3/c22-17(19-13-16-5-4-12-24-16)14-20-10-6-15(7-11-20)18(23)21-8-2-1-3-9-21/h15-16H,1-14H2,(H,19,22). The Morgan fingerprint density at radius 1 is 0.958 bits per heavy atom. The van der Waals surface area contributed by atoms with Crippen LogP contribution >= 0.6 is 0 Å². The van der Waals surface area contributed by atoms with Gasteiger partial charge in [0.05, 0.1) is 12.6 Å². The lowest BCUT2D eigenvalue weighted by Crippen LogP contribution is -2.47. The third kappa shape index (κ3) is 4.93. The minimum Gasteiger partial charge on any atom is -0.376 e. The van der Waals surface area contributed by atoms with E-state index in [9.17, 15) is 9.59 Å². The van der Waals surface area contributed by atoms with E-state index in [0.717, 1.165) is 71.3 Å². The van der Waals surface area contributed by atoms with Crippen LogP contribution in [0.25, 0.3) is 0 Å². The normalized spacial score (nSPS) is 26.5. The van der Waals surface area contributed by atoms with Crippen molar-refractivity contribution >= 4 is 11.8 Å². The summed E-state index contributed by atoms with van der Waals surface area (Å²) < 4.78 is 5.52. The Bertz CT molecular complexity index is 423. The van der Waals surface area contributed by atoms with E-state index in [-0.39, 0.29) is 17.9 Å². The van der Waals surface area contributed by atoms with Crippen molar-refractivity contribution in [2.45, 2.75) is 51.0 Å². The summed E-state index contributed by atoms with van der Waals surface area (Å²) in [7, 11) is 0. The molecule has 3 rings (SSSR count). The van der Waals surface area contributed by atoms with E-state index < -0.39 is 0 Å². The Kier molecular flexibility index (Phi) is 6.49. The summed E-state index contributed by atoms with van der Waals surface area (Å²) in [6, 6.07) is 0. The maximum atomic E-state index is 12.5. The van der Waals surface area contributed by atoms with Gasteiger partial charge < -0.3 is 15.0 Å². The smallest absolute Gasteiger partial charge is 0.234 e. The third-order valence-electron chi connectivity index (χ3n) is 5.52. The van der Waals surface area contributed by atoms with Gasteiger partial charge in [-0.1, -0.05) is 0 Å². The van der Waals surface area contributed by atoms with Crippen molar-refractivity contribution in [2.75, 3.05) is 45.9 Å². The van der Waals surface area contributed by atoms with Gasteiger partial charge >= 0.3 is 0 Å². The lowest BCUT2D eigenvalue weighted by atomic mass is 9.94. The van der Waals surface area contributed by atoms with Gasteiger partial charge in [-0.05, 0) is 58.0 Å². The summed E-state index contributed by atoms with van der Waals surface area (Å²) in [5, 5.41) is 2.98. The zero-order chi connectivity index (χ0) is 16.8. The summed E-state index contributed by atoms with van der Waals surface area (Å²) in [6.07, 6.45) is 7.65. The maximum absolute atomic E-state index is 12.5. The summed E-state index contributed by atoms with van der Waals surface area (Å²) >= 11 is 0. The second-order valence-electron chi connectivity index (χ2n) is 7.38. The van der Waals surface area contributed by atoms with Crippen LogP contribution in [0, 0.1) is 5.92 Å². The van der Waals surface area contributed by atoms with E-state index in [1.54, 1.807) is 0 Å². The van der Waals surface area contributed by atoms with Crippen LogP contribution in [0.2, 0.25) is 0 Å². The molecule has 3 aliphatic rings. The van der Waals surface area contributed by atoms with Crippen molar-refractivity contribution in [3.8, 4) is 0 Å². The van der Waals surface area contributed by atoms with Gasteiger partial charge in [-0.2, -0.15) is 0 Å². The molecule has 6 heteroatoms. The molecule has 0 spiro atoms. The van der Waals surface area contributed by atoms with Gasteiger partial charge in [-0.25, -0.2) is 0 Å². The van der Waals surface area contributed by atoms with Crippen LogP contribution in [0.1, 0.15) is 44.9 Å². The first-order valence-electron chi connectivity index (χ1n) is 9.62. The average molecular weight is 337 g/mol. The first-order valence-corrected chi connectivity index (χ1v) is 9.62. The number of carbonyl (C=O) groups excluding carboxylic acids is 2. The van der Waals surface area contributed by atoms with Crippen LogP contribution in [0.4, 0.5) is 0 Å². The van der Waals surface area contributed by atoms with Crippen molar-refractivity contribution in [3.63, 3.8) is 0 Å². The fourth-order valence-electron chi connectivity index (χ4n) is 4.00. The molecule has 1 N–H and O–H groups in total. The molecule has 0 aromatic rings. The molecular weight excluding hydrogens is 306 g/mol. The fourth-order valence-corrected chi connectivity index (χ4v) is 4.00. The molecule has 0 aromatic heterocycles. The highest BCUT2D eigenvalue weighted by atomic mass is 16.5. The Balaban J connectivity index is 1.33. The molecule has 1 unspecified atom stereocenters. The van der Waals surface area contributed by atoms with Crippen molar-refractivity contribution in [1.29, 1.82) is 0 Å². The minimum atomic E-state index is 0.0753. The topological polar surface area (TPSA) is 61.9 Å². The number of rotatable bonds is 5. The highest BCUT2D eigenvalue weighted by Gasteiger charge is 2.29. The Hall–Kier alpha value is -1.14. The summed E-state index contributed by atoms with van der Waals surface area (Å²) in [4.78, 5) is 28.8. The van der Waals surface area contributed by atoms with Crippen molar-refractivity contribution < 1.29 is 14.3 Å². The summed E-state index contributed by atoms with van der Waals surface area (Å²) in [6.45, 7) is 5.45. The highest BCUT2D eigenvalue weighted by Crippen LogP contribution is 2.21. The molecule has 0 bridgehead atoms. The van der Waals surface area contributed by atoms with E-state index in [1.165, 1.54) is 6.42 Å². The van der Waals surface area contributed by atoms with Crippen LogP contribution in [0.15, 0.2) is 0 Å². The van der Waals surface area contributed by atoms with Gasteiger partial charge in [0.1, 0.15) is 0 Å². The number of hydrogen-bond acceptors (Lipinski definition) is 4. The Morgan fingerprint density at radius 2 is 1.71 bits per heavy atom. The molecule has 24 heavy (non-hydrogen) atoms. The number of piperidine rings is 2. The maximum Gasteiger partial charge on any atom is 0.234 e. The number of nitrogens with one attached hydrogen (secondary N) is 1. The third-order valence-corrected chi connectivity index (χ3v) is 5.52. The molecule has 3 aliphatic heterocycles. The van der Waals surface area contributed by atoms with Gasteiger partial charge in [-0.15, -0.1) is 0 Å². The number of hydrogen-bond donors (Lipinski definition) is 1. The number of ether oxygens (including phenoxy) is 1. The Labute approximate surface area is 144 Å². The minimum absolute atomic E-state index is 0.0753. The molecule has 136 valence electrons. The molecule has 2 amide bonds. The van der Waals surface area contributed by atoms with Gasteiger partial charge in [0.25, 0.3) is 0 Å². The van der Waals surface area contributed by atoms with Gasteiger partial charge in [0.15, 0.2) is 0 Å². The lowest BCUT2D eigenvalue weighted by molar-refractivity contribution is -0.138. The molecule has 3 heterocycles. The quantitative estimate of drug-likeness (QED) is 0.813. The summed E-state index contributed by atoms with van der Waals surface area (Å²) in [5.41, 5.74) is 0. The number of amides is 2. The molecule has 0 radical (unpaired) electrons. The molecule has 6 nitrogen and oxygen atoms in total. The zero-order valence-electron chi connectivity index (χ0n) is 14.7. The average Bonchev–Trinajstić information content (AvgIpc) is 3.14. The van der Waals surface area contributed by atoms with E-state index in [1.807, 2.05) is 0 Å². The van der Waals surface area contributed by atoms with E-state index >= 15 is 0 Å². The number of likely N-dealkylation sites (tertiary alicyclic amines) is 2. The summed E-state index contributed by atoms with van der Waals surface area (Å²) in [5.74, 6) is 0.581. The monoisotopic (exact) mass is 337 g/mol. The molecule has 0 aromatic carbocycles. The molecule has 3 saturated heterocycles. The highest BCUT2D eigenvalue weighted by molar-refractivity contribution is 5.79. The largest absolute Gasteiger partial charge is 0.376 e. The SMILES string of the molecule is O=C(CN1CCC(C(=O)N2CCCCC2)CC1)NCC1CCCO1. The van der Waals surface area contributed by atoms with E-state index in [2.05, 4.69) is 15.1 Å².